The summed E-state index contributed by atoms with van der Waals surface area (Å²) in [5.74, 6) is -2.66. The van der Waals surface area contributed by atoms with E-state index in [1.165, 1.54) is 11.8 Å². The number of benzene rings is 1. The molecule has 0 radical (unpaired) electrons. The lowest BCUT2D eigenvalue weighted by Crippen LogP contribution is -2.40. The van der Waals surface area contributed by atoms with E-state index in [4.69, 9.17) is 9.56 Å². The summed E-state index contributed by atoms with van der Waals surface area (Å²) in [4.78, 5) is 25.3. The van der Waals surface area contributed by atoms with Crippen LogP contribution in [0.1, 0.15) is 33.4 Å². The minimum absolute atomic E-state index is 0.0121. The van der Waals surface area contributed by atoms with Gasteiger partial charge in [-0.2, -0.15) is 0 Å². The van der Waals surface area contributed by atoms with Crippen LogP contribution in [0, 0.1) is 6.92 Å². The van der Waals surface area contributed by atoms with Crippen LogP contribution in [0.3, 0.4) is 0 Å². The second kappa shape index (κ2) is 6.01. The Balaban J connectivity index is 1.95. The number of sulfonamides is 1. The van der Waals surface area contributed by atoms with Gasteiger partial charge >= 0.3 is 5.97 Å². The van der Waals surface area contributed by atoms with Crippen molar-refractivity contribution in [1.82, 2.24) is 4.90 Å². The zero-order valence-electron chi connectivity index (χ0n) is 13.3. The van der Waals surface area contributed by atoms with Gasteiger partial charge in [-0.3, -0.25) is 9.59 Å². The molecule has 132 valence electrons. The van der Waals surface area contributed by atoms with Crippen molar-refractivity contribution in [2.75, 3.05) is 6.54 Å². The highest BCUT2D eigenvalue weighted by Crippen LogP contribution is 2.30. The van der Waals surface area contributed by atoms with Gasteiger partial charge in [-0.25, -0.2) is 13.6 Å². The number of rotatable bonds is 3. The second-order valence-corrected chi connectivity index (χ2v) is 7.38. The third kappa shape index (κ3) is 3.15. The molecule has 2 aromatic rings. The summed E-state index contributed by atoms with van der Waals surface area (Å²) in [5.41, 5.74) is 1.39. The van der Waals surface area contributed by atoms with Gasteiger partial charge in [0, 0.05) is 19.2 Å². The Labute approximate surface area is 143 Å². The topological polar surface area (TPSA) is 131 Å². The first-order valence-electron chi connectivity index (χ1n) is 7.41. The fraction of sp³-hybridized carbons (Fsp3) is 0.250. The van der Waals surface area contributed by atoms with Crippen molar-refractivity contribution in [3.63, 3.8) is 0 Å². The van der Waals surface area contributed by atoms with Crippen molar-refractivity contribution in [3.8, 4) is 0 Å². The van der Waals surface area contributed by atoms with Crippen LogP contribution in [0.15, 0.2) is 39.6 Å². The molecule has 1 unspecified atom stereocenters. The number of carboxylic acids is 1. The Morgan fingerprint density at radius 1 is 1.32 bits per heavy atom. The van der Waals surface area contributed by atoms with Crippen LogP contribution >= 0.6 is 0 Å². The van der Waals surface area contributed by atoms with Gasteiger partial charge in [0.25, 0.3) is 5.91 Å². The second-order valence-electron chi connectivity index (χ2n) is 5.85. The maximum atomic E-state index is 12.7. The van der Waals surface area contributed by atoms with E-state index in [9.17, 15) is 23.1 Å². The molecule has 1 amide bonds. The molecule has 25 heavy (non-hydrogen) atoms. The van der Waals surface area contributed by atoms with E-state index in [1.54, 1.807) is 24.3 Å². The van der Waals surface area contributed by atoms with Crippen LogP contribution in [0.2, 0.25) is 0 Å². The molecule has 3 N–H and O–H groups in total. The number of furan rings is 1. The minimum atomic E-state index is -4.01. The number of aliphatic carboxylic acids is 1. The number of aryl methyl sites for hydroxylation is 1. The van der Waals surface area contributed by atoms with Gasteiger partial charge in [-0.05, 0) is 18.1 Å². The lowest BCUT2D eigenvalue weighted by Gasteiger charge is -2.32. The highest BCUT2D eigenvalue weighted by atomic mass is 32.2. The van der Waals surface area contributed by atoms with Gasteiger partial charge in [0.1, 0.15) is 10.7 Å². The fourth-order valence-corrected chi connectivity index (χ4v) is 3.70. The SMILES string of the molecule is Cc1oc(C(=O)N2Cc3ccccc3C(C(=O)O)C2)cc1S(N)(=O)=O. The molecule has 0 saturated carbocycles. The van der Waals surface area contributed by atoms with E-state index >= 15 is 0 Å². The number of nitrogens with zero attached hydrogens (tertiary/aromatic N) is 1. The summed E-state index contributed by atoms with van der Waals surface area (Å²) in [7, 11) is -4.01. The van der Waals surface area contributed by atoms with Gasteiger partial charge in [0.15, 0.2) is 5.76 Å². The number of hydrogen-bond donors (Lipinski definition) is 2. The van der Waals surface area contributed by atoms with Crippen LogP contribution in [-0.2, 0) is 21.4 Å². The van der Waals surface area contributed by atoms with Crippen LogP contribution in [0.25, 0.3) is 0 Å². The van der Waals surface area contributed by atoms with Gasteiger partial charge in [0.2, 0.25) is 10.0 Å². The summed E-state index contributed by atoms with van der Waals surface area (Å²) in [6.07, 6.45) is 0. The van der Waals surface area contributed by atoms with Gasteiger partial charge in [0.05, 0.1) is 5.92 Å². The molecule has 1 atom stereocenters. The summed E-state index contributed by atoms with van der Waals surface area (Å²) < 4.78 is 28.2. The molecule has 1 aliphatic rings. The van der Waals surface area contributed by atoms with Crippen molar-refractivity contribution in [2.45, 2.75) is 24.3 Å². The monoisotopic (exact) mass is 364 g/mol. The molecule has 8 nitrogen and oxygen atoms in total. The van der Waals surface area contributed by atoms with E-state index in [0.29, 0.717) is 5.56 Å². The van der Waals surface area contributed by atoms with E-state index in [0.717, 1.165) is 11.6 Å². The van der Waals surface area contributed by atoms with Crippen LogP contribution in [0.4, 0.5) is 0 Å². The predicted molar refractivity (Wildman–Crippen MR) is 86.4 cm³/mol. The standard InChI is InChI=1S/C16H16N2O6S/c1-9-14(25(17,22)23)6-13(24-9)15(19)18-7-10-4-2-3-5-11(10)12(8-18)16(20)21/h2-6,12H,7-8H2,1H3,(H,20,21)(H2,17,22,23). The maximum absolute atomic E-state index is 12.7. The summed E-state index contributed by atoms with van der Waals surface area (Å²) in [5, 5.41) is 14.5. The van der Waals surface area contributed by atoms with Crippen molar-refractivity contribution >= 4 is 21.9 Å². The smallest absolute Gasteiger partial charge is 0.312 e. The lowest BCUT2D eigenvalue weighted by atomic mass is 9.89. The van der Waals surface area contributed by atoms with Crippen molar-refractivity contribution in [1.29, 1.82) is 0 Å². The van der Waals surface area contributed by atoms with Crippen molar-refractivity contribution < 1.29 is 27.5 Å². The highest BCUT2D eigenvalue weighted by molar-refractivity contribution is 7.89. The number of carbonyl (C=O) groups excluding carboxylic acids is 1. The third-order valence-electron chi connectivity index (χ3n) is 4.17. The normalized spacial score (nSPS) is 17.2. The first-order valence-corrected chi connectivity index (χ1v) is 8.96. The highest BCUT2D eigenvalue weighted by Gasteiger charge is 2.34. The Hall–Kier alpha value is -2.65. The number of hydrogen-bond acceptors (Lipinski definition) is 5. The van der Waals surface area contributed by atoms with Crippen LogP contribution in [0.5, 0.6) is 0 Å². The molecule has 0 fully saturated rings. The number of amides is 1. The third-order valence-corrected chi connectivity index (χ3v) is 5.19. The molecule has 3 rings (SSSR count). The Bertz CT molecular complexity index is 963. The van der Waals surface area contributed by atoms with Crippen LogP contribution < -0.4 is 5.14 Å². The fourth-order valence-electron chi connectivity index (χ4n) is 2.98. The Morgan fingerprint density at radius 3 is 2.60 bits per heavy atom. The van der Waals surface area contributed by atoms with Gasteiger partial charge in [-0.1, -0.05) is 24.3 Å². The number of nitrogens with two attached hydrogens (primary N) is 1. The molecule has 1 aliphatic heterocycles. The predicted octanol–water partition coefficient (Wildman–Crippen LogP) is 1.06. The number of fused-ring (bicyclic) bond motifs is 1. The summed E-state index contributed by atoms with van der Waals surface area (Å²) in [6, 6.07) is 8.08. The Kier molecular flexibility index (Phi) is 4.13. The van der Waals surface area contributed by atoms with Gasteiger partial charge < -0.3 is 14.4 Å². The average molecular weight is 364 g/mol. The lowest BCUT2D eigenvalue weighted by molar-refractivity contribution is -0.139. The molecule has 1 aromatic heterocycles. The largest absolute Gasteiger partial charge is 0.481 e. The first-order chi connectivity index (χ1) is 11.7. The van der Waals surface area contributed by atoms with Gasteiger partial charge in [-0.15, -0.1) is 0 Å². The molecule has 9 heteroatoms. The van der Waals surface area contributed by atoms with Crippen molar-refractivity contribution in [3.05, 3.63) is 53.0 Å². The minimum Gasteiger partial charge on any atom is -0.481 e. The number of carbonyl (C=O) groups is 2. The van der Waals surface area contributed by atoms with E-state index < -0.39 is 27.8 Å². The zero-order chi connectivity index (χ0) is 18.4. The summed E-state index contributed by atoms with van der Waals surface area (Å²) >= 11 is 0. The van der Waals surface area contributed by atoms with Crippen LogP contribution in [-0.4, -0.2) is 36.8 Å². The zero-order valence-corrected chi connectivity index (χ0v) is 14.1. The quantitative estimate of drug-likeness (QED) is 0.837. The summed E-state index contributed by atoms with van der Waals surface area (Å²) in [6.45, 7) is 1.57. The van der Waals surface area contributed by atoms with Crippen molar-refractivity contribution in [2.24, 2.45) is 5.14 Å². The van der Waals surface area contributed by atoms with E-state index in [2.05, 4.69) is 0 Å². The molecule has 1 aromatic carbocycles. The molecule has 2 heterocycles. The molecule has 0 bridgehead atoms. The molecular formula is C16H16N2O6S. The molecular weight excluding hydrogens is 348 g/mol. The first kappa shape index (κ1) is 17.2. The maximum Gasteiger partial charge on any atom is 0.312 e. The molecule has 0 saturated heterocycles. The molecule has 0 aliphatic carbocycles. The van der Waals surface area contributed by atoms with E-state index in [-0.39, 0.29) is 29.5 Å². The van der Waals surface area contributed by atoms with E-state index in [1.807, 2.05) is 0 Å². The average Bonchev–Trinajstić information content (AvgIpc) is 2.95. The number of primary sulfonamides is 1. The Morgan fingerprint density at radius 2 is 2.00 bits per heavy atom. The number of carboxylic acid groups (broad SMARTS) is 1. The molecule has 0 spiro atoms.